The van der Waals surface area contributed by atoms with E-state index in [1.165, 1.54) is 0 Å². The van der Waals surface area contributed by atoms with E-state index < -0.39 is 10.0 Å². The molecule has 0 N–H and O–H groups in total. The van der Waals surface area contributed by atoms with Crippen molar-refractivity contribution in [3.63, 3.8) is 0 Å². The SMILES string of the molecule is CCC(C)N1CCN(S(=O)(=O)c2ccc(C)c(C)c2)CC1. The van der Waals surface area contributed by atoms with Gasteiger partial charge in [0.1, 0.15) is 0 Å². The summed E-state index contributed by atoms with van der Waals surface area (Å²) in [5.74, 6) is 0. The van der Waals surface area contributed by atoms with Crippen molar-refractivity contribution < 1.29 is 8.42 Å². The Morgan fingerprint density at radius 1 is 1.10 bits per heavy atom. The molecule has 0 bridgehead atoms. The van der Waals surface area contributed by atoms with E-state index in [0.29, 0.717) is 24.0 Å². The van der Waals surface area contributed by atoms with Crippen LogP contribution in [0, 0.1) is 13.8 Å². The standard InChI is InChI=1S/C16H26N2O2S/c1-5-15(4)17-8-10-18(11-9-17)21(19,20)16-7-6-13(2)14(3)12-16/h6-7,12,15H,5,8-11H2,1-4H3. The van der Waals surface area contributed by atoms with E-state index in [2.05, 4.69) is 18.7 Å². The quantitative estimate of drug-likeness (QED) is 0.857. The van der Waals surface area contributed by atoms with E-state index in [9.17, 15) is 8.42 Å². The maximum Gasteiger partial charge on any atom is 0.243 e. The van der Waals surface area contributed by atoms with Crippen LogP contribution < -0.4 is 0 Å². The topological polar surface area (TPSA) is 40.6 Å². The third-order valence-corrected chi connectivity index (χ3v) is 6.50. The first-order valence-electron chi connectivity index (χ1n) is 7.67. The van der Waals surface area contributed by atoms with Gasteiger partial charge in [-0.1, -0.05) is 13.0 Å². The monoisotopic (exact) mass is 310 g/mol. The number of hydrogen-bond acceptors (Lipinski definition) is 3. The summed E-state index contributed by atoms with van der Waals surface area (Å²) in [5, 5.41) is 0. The second-order valence-corrected chi connectivity index (χ2v) is 7.88. The lowest BCUT2D eigenvalue weighted by molar-refractivity contribution is 0.142. The smallest absolute Gasteiger partial charge is 0.243 e. The highest BCUT2D eigenvalue weighted by atomic mass is 32.2. The first-order valence-corrected chi connectivity index (χ1v) is 9.11. The largest absolute Gasteiger partial charge is 0.298 e. The molecular weight excluding hydrogens is 284 g/mol. The predicted octanol–water partition coefficient (Wildman–Crippen LogP) is 2.41. The van der Waals surface area contributed by atoms with Crippen LogP contribution in [0.4, 0.5) is 0 Å². The zero-order valence-corrected chi connectivity index (χ0v) is 14.3. The molecule has 2 rings (SSSR count). The van der Waals surface area contributed by atoms with Gasteiger partial charge in [0, 0.05) is 32.2 Å². The van der Waals surface area contributed by atoms with Crippen molar-refractivity contribution in [2.45, 2.75) is 45.1 Å². The van der Waals surface area contributed by atoms with Gasteiger partial charge in [-0.15, -0.1) is 0 Å². The maximum atomic E-state index is 12.7. The van der Waals surface area contributed by atoms with Crippen LogP contribution in [0.5, 0.6) is 0 Å². The Balaban J connectivity index is 2.13. The normalized spacial score (nSPS) is 19.6. The molecule has 118 valence electrons. The van der Waals surface area contributed by atoms with E-state index >= 15 is 0 Å². The molecule has 1 aromatic carbocycles. The van der Waals surface area contributed by atoms with Crippen molar-refractivity contribution in [3.8, 4) is 0 Å². The van der Waals surface area contributed by atoms with Gasteiger partial charge in [-0.3, -0.25) is 4.90 Å². The zero-order chi connectivity index (χ0) is 15.6. The molecule has 0 aromatic heterocycles. The molecule has 1 aromatic rings. The molecule has 1 aliphatic heterocycles. The van der Waals surface area contributed by atoms with Gasteiger partial charge in [0.2, 0.25) is 10.0 Å². The van der Waals surface area contributed by atoms with Gasteiger partial charge in [-0.2, -0.15) is 4.31 Å². The lowest BCUT2D eigenvalue weighted by Gasteiger charge is -2.37. The van der Waals surface area contributed by atoms with Crippen molar-refractivity contribution in [2.24, 2.45) is 0 Å². The fourth-order valence-electron chi connectivity index (χ4n) is 2.67. The van der Waals surface area contributed by atoms with Crippen molar-refractivity contribution in [2.75, 3.05) is 26.2 Å². The maximum absolute atomic E-state index is 12.7. The molecule has 1 aliphatic rings. The van der Waals surface area contributed by atoms with E-state index in [4.69, 9.17) is 0 Å². The van der Waals surface area contributed by atoms with Crippen LogP contribution >= 0.6 is 0 Å². The van der Waals surface area contributed by atoms with Crippen molar-refractivity contribution in [1.82, 2.24) is 9.21 Å². The fourth-order valence-corrected chi connectivity index (χ4v) is 4.17. The summed E-state index contributed by atoms with van der Waals surface area (Å²) in [6.07, 6.45) is 1.10. The molecular formula is C16H26N2O2S. The van der Waals surface area contributed by atoms with Gasteiger partial charge in [-0.05, 0) is 50.5 Å². The summed E-state index contributed by atoms with van der Waals surface area (Å²) in [7, 11) is -3.35. The Morgan fingerprint density at radius 2 is 1.71 bits per heavy atom. The number of sulfonamides is 1. The van der Waals surface area contributed by atoms with E-state index in [1.807, 2.05) is 19.9 Å². The van der Waals surface area contributed by atoms with Gasteiger partial charge in [-0.25, -0.2) is 8.42 Å². The van der Waals surface area contributed by atoms with Crippen LogP contribution in [-0.4, -0.2) is 49.8 Å². The van der Waals surface area contributed by atoms with Crippen LogP contribution in [0.15, 0.2) is 23.1 Å². The van der Waals surface area contributed by atoms with Crippen LogP contribution in [0.2, 0.25) is 0 Å². The molecule has 1 fully saturated rings. The van der Waals surface area contributed by atoms with E-state index in [-0.39, 0.29) is 0 Å². The minimum Gasteiger partial charge on any atom is -0.298 e. The molecule has 0 amide bonds. The zero-order valence-electron chi connectivity index (χ0n) is 13.5. The Labute approximate surface area is 128 Å². The first-order chi connectivity index (χ1) is 9.86. The van der Waals surface area contributed by atoms with Gasteiger partial charge in [0.25, 0.3) is 0 Å². The minimum absolute atomic E-state index is 0.419. The average Bonchev–Trinajstić information content (AvgIpc) is 2.49. The Bertz CT molecular complexity index is 590. The number of piperazine rings is 1. The fraction of sp³-hybridized carbons (Fsp3) is 0.625. The highest BCUT2D eigenvalue weighted by Gasteiger charge is 2.29. The lowest BCUT2D eigenvalue weighted by atomic mass is 10.1. The molecule has 1 saturated heterocycles. The van der Waals surface area contributed by atoms with Gasteiger partial charge in [0.05, 0.1) is 4.90 Å². The Morgan fingerprint density at radius 3 is 2.24 bits per heavy atom. The summed E-state index contributed by atoms with van der Waals surface area (Å²) in [4.78, 5) is 2.79. The molecule has 4 nitrogen and oxygen atoms in total. The van der Waals surface area contributed by atoms with Crippen molar-refractivity contribution in [3.05, 3.63) is 29.3 Å². The summed E-state index contributed by atoms with van der Waals surface area (Å²) >= 11 is 0. The predicted molar refractivity (Wildman–Crippen MR) is 86.0 cm³/mol. The number of aryl methyl sites for hydroxylation is 2. The number of nitrogens with zero attached hydrogens (tertiary/aromatic N) is 2. The van der Waals surface area contributed by atoms with Gasteiger partial charge in [0.15, 0.2) is 0 Å². The Hall–Kier alpha value is -0.910. The molecule has 0 spiro atoms. The average molecular weight is 310 g/mol. The molecule has 0 saturated carbocycles. The summed E-state index contributed by atoms with van der Waals surface area (Å²) in [6, 6.07) is 5.92. The van der Waals surface area contributed by atoms with Crippen LogP contribution in [0.1, 0.15) is 31.4 Å². The Kier molecular flexibility index (Phi) is 5.07. The molecule has 0 aliphatic carbocycles. The molecule has 5 heteroatoms. The molecule has 1 heterocycles. The third kappa shape index (κ3) is 3.47. The van der Waals surface area contributed by atoms with Crippen LogP contribution in [0.3, 0.4) is 0 Å². The second-order valence-electron chi connectivity index (χ2n) is 5.94. The van der Waals surface area contributed by atoms with Crippen molar-refractivity contribution in [1.29, 1.82) is 0 Å². The van der Waals surface area contributed by atoms with Gasteiger partial charge < -0.3 is 0 Å². The van der Waals surface area contributed by atoms with Crippen molar-refractivity contribution >= 4 is 10.0 Å². The highest BCUT2D eigenvalue weighted by Crippen LogP contribution is 2.21. The second kappa shape index (κ2) is 6.46. The van der Waals surface area contributed by atoms with E-state index in [1.54, 1.807) is 16.4 Å². The lowest BCUT2D eigenvalue weighted by Crippen LogP contribution is -2.51. The van der Waals surface area contributed by atoms with Crippen LogP contribution in [0.25, 0.3) is 0 Å². The summed E-state index contributed by atoms with van der Waals surface area (Å²) in [6.45, 7) is 11.1. The highest BCUT2D eigenvalue weighted by molar-refractivity contribution is 7.89. The first kappa shape index (κ1) is 16.5. The summed E-state index contributed by atoms with van der Waals surface area (Å²) in [5.41, 5.74) is 2.14. The van der Waals surface area contributed by atoms with E-state index in [0.717, 1.165) is 30.6 Å². The van der Waals surface area contributed by atoms with Gasteiger partial charge >= 0.3 is 0 Å². The molecule has 1 unspecified atom stereocenters. The number of rotatable bonds is 4. The molecule has 1 atom stereocenters. The molecule has 0 radical (unpaired) electrons. The minimum atomic E-state index is -3.35. The summed E-state index contributed by atoms with van der Waals surface area (Å²) < 4.78 is 27.0. The van der Waals surface area contributed by atoms with Crippen LogP contribution in [-0.2, 0) is 10.0 Å². The third-order valence-electron chi connectivity index (χ3n) is 4.60. The number of benzene rings is 1. The number of hydrogen-bond donors (Lipinski definition) is 0. The molecule has 21 heavy (non-hydrogen) atoms.